The number of anilines is 1. The van der Waals surface area contributed by atoms with E-state index in [0.717, 1.165) is 47.0 Å². The van der Waals surface area contributed by atoms with Crippen LogP contribution in [-0.2, 0) is 21.8 Å². The number of fused-ring (bicyclic) bond motifs is 1. The fraction of sp³-hybridized carbons (Fsp3) is 0.333. The van der Waals surface area contributed by atoms with E-state index in [9.17, 15) is 18.0 Å². The summed E-state index contributed by atoms with van der Waals surface area (Å²) in [5.74, 6) is 1.24. The van der Waals surface area contributed by atoms with E-state index >= 15 is 0 Å². The zero-order valence-corrected chi connectivity index (χ0v) is 30.4. The minimum absolute atomic E-state index is 0.0750. The number of amides is 1. The SMILES string of the molecule is Cc1ccc(S(=O)(=O)n2ccc3c(-c4ccccc4Oc4cccc(N5CC(N6CCN(C(=O)OC(C)(C)C)CC6)C5)c4)cn(C)c(=O)c32)cc1. The third kappa shape index (κ3) is 6.85. The molecule has 1 amide bonds. The first-order chi connectivity index (χ1) is 24.3. The Labute approximate surface area is 298 Å². The third-order valence-corrected chi connectivity index (χ3v) is 11.2. The van der Waals surface area contributed by atoms with Crippen LogP contribution in [-0.4, -0.2) is 83.8 Å². The second-order valence-corrected chi connectivity index (χ2v) is 16.1. The number of pyridine rings is 1. The van der Waals surface area contributed by atoms with Gasteiger partial charge in [0.05, 0.1) is 4.90 Å². The van der Waals surface area contributed by atoms with Crippen molar-refractivity contribution in [1.29, 1.82) is 0 Å². The van der Waals surface area contributed by atoms with Gasteiger partial charge in [0, 0.05) is 93.0 Å². The van der Waals surface area contributed by atoms with E-state index < -0.39 is 21.2 Å². The molecule has 5 aromatic rings. The average Bonchev–Trinajstić information content (AvgIpc) is 3.53. The van der Waals surface area contributed by atoms with Gasteiger partial charge in [-0.1, -0.05) is 42.0 Å². The molecule has 0 spiro atoms. The second-order valence-electron chi connectivity index (χ2n) is 14.3. The Kier molecular flexibility index (Phi) is 8.92. The summed E-state index contributed by atoms with van der Waals surface area (Å²) in [5, 5.41) is 0.511. The molecule has 12 heteroatoms. The number of para-hydroxylation sites is 1. The topological polar surface area (TPSA) is 106 Å². The molecule has 2 aliphatic heterocycles. The second kappa shape index (κ2) is 13.2. The smallest absolute Gasteiger partial charge is 0.410 e. The van der Waals surface area contributed by atoms with E-state index in [0.29, 0.717) is 41.6 Å². The van der Waals surface area contributed by atoms with Crippen molar-refractivity contribution >= 4 is 32.7 Å². The highest BCUT2D eigenvalue weighted by Gasteiger charge is 2.35. The van der Waals surface area contributed by atoms with E-state index in [1.165, 1.54) is 10.8 Å². The number of hydrogen-bond acceptors (Lipinski definition) is 8. The van der Waals surface area contributed by atoms with Crippen molar-refractivity contribution < 1.29 is 22.7 Å². The number of ether oxygens (including phenoxy) is 2. The summed E-state index contributed by atoms with van der Waals surface area (Å²) in [4.78, 5) is 32.6. The number of rotatable bonds is 7. The minimum atomic E-state index is -4.03. The molecule has 0 aliphatic carbocycles. The van der Waals surface area contributed by atoms with Gasteiger partial charge in [0.15, 0.2) is 0 Å². The Balaban J connectivity index is 1.09. The highest BCUT2D eigenvalue weighted by Crippen LogP contribution is 2.38. The van der Waals surface area contributed by atoms with Crippen molar-refractivity contribution in [3.8, 4) is 22.6 Å². The number of carbonyl (C=O) groups is 1. The van der Waals surface area contributed by atoms with Crippen LogP contribution in [0, 0.1) is 6.92 Å². The van der Waals surface area contributed by atoms with Crippen LogP contribution < -0.4 is 15.2 Å². The third-order valence-electron chi connectivity index (χ3n) is 9.50. The van der Waals surface area contributed by atoms with E-state index in [1.807, 2.05) is 70.2 Å². The van der Waals surface area contributed by atoms with Crippen LogP contribution in [0.3, 0.4) is 0 Å². The molecule has 4 heterocycles. The molecule has 2 saturated heterocycles. The average molecular weight is 710 g/mol. The molecular weight excluding hydrogens is 667 g/mol. The van der Waals surface area contributed by atoms with Gasteiger partial charge in [-0.25, -0.2) is 17.2 Å². The van der Waals surface area contributed by atoms with Crippen molar-refractivity contribution in [3.05, 3.63) is 107 Å². The summed E-state index contributed by atoms with van der Waals surface area (Å²) in [6, 6.07) is 24.2. The number of nitrogens with zero attached hydrogens (tertiary/aromatic N) is 5. The highest BCUT2D eigenvalue weighted by atomic mass is 32.2. The van der Waals surface area contributed by atoms with E-state index in [1.54, 1.807) is 48.5 Å². The van der Waals surface area contributed by atoms with Crippen LogP contribution in [0.25, 0.3) is 22.0 Å². The van der Waals surface area contributed by atoms with Crippen LogP contribution in [0.4, 0.5) is 10.5 Å². The summed E-state index contributed by atoms with van der Waals surface area (Å²) in [7, 11) is -2.41. The van der Waals surface area contributed by atoms with E-state index in [-0.39, 0.29) is 16.5 Å². The fourth-order valence-corrected chi connectivity index (χ4v) is 8.06. The van der Waals surface area contributed by atoms with Crippen LogP contribution in [0.5, 0.6) is 11.5 Å². The van der Waals surface area contributed by atoms with Crippen LogP contribution in [0.1, 0.15) is 26.3 Å². The van der Waals surface area contributed by atoms with Gasteiger partial charge in [0.25, 0.3) is 15.6 Å². The Bertz CT molecular complexity index is 2260. The monoisotopic (exact) mass is 709 g/mol. The molecule has 0 N–H and O–H groups in total. The lowest BCUT2D eigenvalue weighted by Gasteiger charge is -2.49. The molecule has 3 aromatic carbocycles. The Hall–Kier alpha value is -5.07. The Morgan fingerprint density at radius 3 is 2.27 bits per heavy atom. The molecule has 2 fully saturated rings. The summed E-state index contributed by atoms with van der Waals surface area (Å²) in [6.45, 7) is 12.3. The molecule has 0 unspecified atom stereocenters. The van der Waals surface area contributed by atoms with Crippen molar-refractivity contribution in [1.82, 2.24) is 18.3 Å². The Morgan fingerprint density at radius 1 is 0.863 bits per heavy atom. The van der Waals surface area contributed by atoms with Gasteiger partial charge in [0.1, 0.15) is 22.6 Å². The van der Waals surface area contributed by atoms with Crippen molar-refractivity contribution in [3.63, 3.8) is 0 Å². The van der Waals surface area contributed by atoms with Gasteiger partial charge in [-0.2, -0.15) is 0 Å². The lowest BCUT2D eigenvalue weighted by atomic mass is 10.0. The summed E-state index contributed by atoms with van der Waals surface area (Å²) in [5.41, 5.74) is 2.54. The number of aryl methyl sites for hydroxylation is 2. The Morgan fingerprint density at radius 2 is 1.57 bits per heavy atom. The predicted molar refractivity (Wildman–Crippen MR) is 198 cm³/mol. The predicted octanol–water partition coefficient (Wildman–Crippen LogP) is 6.09. The normalized spacial score (nSPS) is 15.9. The first-order valence-corrected chi connectivity index (χ1v) is 18.6. The molecule has 0 radical (unpaired) electrons. The number of hydrogen-bond donors (Lipinski definition) is 0. The summed E-state index contributed by atoms with van der Waals surface area (Å²) in [6.07, 6.45) is 2.92. The van der Waals surface area contributed by atoms with Crippen molar-refractivity contribution in [2.75, 3.05) is 44.2 Å². The molecule has 51 heavy (non-hydrogen) atoms. The minimum Gasteiger partial charge on any atom is -0.457 e. The molecule has 7 rings (SSSR count). The lowest BCUT2D eigenvalue weighted by molar-refractivity contribution is 0.00876. The standard InChI is InChI=1S/C39H43N5O6S/c1-27-13-15-31(16-14-27)51(47,48)44-18-17-33-34(26-40(5)37(45)36(33)44)32-11-6-7-12-35(32)49-30-10-8-9-28(23-30)43-24-29(25-43)41-19-21-42(22-20-41)38(46)50-39(2,3)4/h6-18,23,26,29H,19-22,24-25H2,1-5H3. The van der Waals surface area contributed by atoms with Gasteiger partial charge in [-0.15, -0.1) is 0 Å². The molecule has 2 aliphatic rings. The van der Waals surface area contributed by atoms with E-state index in [4.69, 9.17) is 9.47 Å². The van der Waals surface area contributed by atoms with Gasteiger partial charge < -0.3 is 23.8 Å². The van der Waals surface area contributed by atoms with Crippen LogP contribution >= 0.6 is 0 Å². The number of benzene rings is 3. The molecule has 0 bridgehead atoms. The number of piperazine rings is 1. The van der Waals surface area contributed by atoms with Crippen LogP contribution in [0.2, 0.25) is 0 Å². The quantitative estimate of drug-likeness (QED) is 0.200. The molecule has 0 atom stereocenters. The van der Waals surface area contributed by atoms with Crippen LogP contribution in [0.15, 0.2) is 101 Å². The number of aromatic nitrogens is 2. The molecule has 266 valence electrons. The maximum Gasteiger partial charge on any atom is 0.410 e. The van der Waals surface area contributed by atoms with Crippen molar-refractivity contribution in [2.45, 2.75) is 44.2 Å². The first-order valence-electron chi connectivity index (χ1n) is 17.2. The summed E-state index contributed by atoms with van der Waals surface area (Å²) < 4.78 is 42.0. The van der Waals surface area contributed by atoms with Gasteiger partial charge in [0.2, 0.25) is 0 Å². The van der Waals surface area contributed by atoms with Gasteiger partial charge in [-0.3, -0.25) is 9.69 Å². The fourth-order valence-electron chi connectivity index (χ4n) is 6.71. The molecule has 0 saturated carbocycles. The first kappa shape index (κ1) is 34.4. The molecular formula is C39H43N5O6S. The lowest BCUT2D eigenvalue weighted by Crippen LogP contribution is -2.63. The maximum absolute atomic E-state index is 13.7. The molecule has 11 nitrogen and oxygen atoms in total. The van der Waals surface area contributed by atoms with E-state index in [2.05, 4.69) is 15.9 Å². The van der Waals surface area contributed by atoms with Crippen molar-refractivity contribution in [2.24, 2.45) is 7.05 Å². The van der Waals surface area contributed by atoms with Gasteiger partial charge in [-0.05, 0) is 64.1 Å². The zero-order chi connectivity index (χ0) is 36.1. The summed E-state index contributed by atoms with van der Waals surface area (Å²) >= 11 is 0. The zero-order valence-electron chi connectivity index (χ0n) is 29.6. The maximum atomic E-state index is 13.7. The van der Waals surface area contributed by atoms with Gasteiger partial charge >= 0.3 is 6.09 Å². The molecule has 2 aromatic heterocycles. The number of carbonyl (C=O) groups excluding carboxylic acids is 1. The largest absolute Gasteiger partial charge is 0.457 e. The highest BCUT2D eigenvalue weighted by molar-refractivity contribution is 7.90.